The van der Waals surface area contributed by atoms with Crippen LogP contribution in [0.4, 0.5) is 5.69 Å². The molecule has 0 saturated carbocycles. The average Bonchev–Trinajstić information content (AvgIpc) is 2.46. The van der Waals surface area contributed by atoms with Gasteiger partial charge >= 0.3 is 0 Å². The van der Waals surface area contributed by atoms with Gasteiger partial charge in [0, 0.05) is 5.56 Å². The van der Waals surface area contributed by atoms with Crippen molar-refractivity contribution in [1.29, 1.82) is 0 Å². The molecule has 0 spiro atoms. The van der Waals surface area contributed by atoms with Crippen LogP contribution in [0, 0.1) is 0 Å². The van der Waals surface area contributed by atoms with E-state index in [1.54, 1.807) is 36.4 Å². The Kier molecular flexibility index (Phi) is 3.91. The van der Waals surface area contributed by atoms with Crippen LogP contribution in [0.15, 0.2) is 54.6 Å². The fourth-order valence-electron chi connectivity index (χ4n) is 1.92. The second-order valence-corrected chi connectivity index (χ2v) is 5.78. The largest absolute Gasteiger partial charge is 0.281 e. The molecule has 20 heavy (non-hydrogen) atoms. The summed E-state index contributed by atoms with van der Waals surface area (Å²) in [5.74, 6) is -0.434. The van der Waals surface area contributed by atoms with E-state index in [-0.39, 0.29) is 5.41 Å². The quantitative estimate of drug-likeness (QED) is 0.660. The van der Waals surface area contributed by atoms with Crippen molar-refractivity contribution < 1.29 is 10.0 Å². The SMILES string of the molecule is CC(C)(C)c1ccc(C(=O)N(O)c2ccccc2)cc1. The highest BCUT2D eigenvalue weighted by Crippen LogP contribution is 2.23. The molecule has 0 bridgehead atoms. The van der Waals surface area contributed by atoms with Crippen molar-refractivity contribution in [2.24, 2.45) is 0 Å². The number of para-hydroxylation sites is 1. The van der Waals surface area contributed by atoms with E-state index in [0.29, 0.717) is 16.3 Å². The molecule has 0 aliphatic carbocycles. The molecule has 0 saturated heterocycles. The predicted octanol–water partition coefficient (Wildman–Crippen LogP) is 4.02. The zero-order valence-electron chi connectivity index (χ0n) is 12.0. The van der Waals surface area contributed by atoms with Gasteiger partial charge in [-0.3, -0.25) is 10.0 Å². The maximum Gasteiger partial charge on any atom is 0.281 e. The van der Waals surface area contributed by atoms with Gasteiger partial charge in [-0.2, -0.15) is 5.06 Å². The molecule has 2 aromatic carbocycles. The lowest BCUT2D eigenvalue weighted by Crippen LogP contribution is -2.27. The highest BCUT2D eigenvalue weighted by Gasteiger charge is 2.17. The minimum Gasteiger partial charge on any atom is -0.281 e. The van der Waals surface area contributed by atoms with Crippen molar-refractivity contribution >= 4 is 11.6 Å². The molecule has 0 fully saturated rings. The van der Waals surface area contributed by atoms with Crippen LogP contribution in [0.1, 0.15) is 36.7 Å². The normalized spacial score (nSPS) is 11.2. The Morgan fingerprint density at radius 3 is 2.00 bits per heavy atom. The van der Waals surface area contributed by atoms with Crippen molar-refractivity contribution in [1.82, 2.24) is 0 Å². The maximum absolute atomic E-state index is 12.2. The Bertz CT molecular complexity index is 583. The smallest absolute Gasteiger partial charge is 0.281 e. The highest BCUT2D eigenvalue weighted by atomic mass is 16.5. The number of rotatable bonds is 2. The third-order valence-corrected chi connectivity index (χ3v) is 3.19. The van der Waals surface area contributed by atoms with Crippen LogP contribution in [-0.2, 0) is 5.41 Å². The standard InChI is InChI=1S/C17H19NO2/c1-17(2,3)14-11-9-13(10-12-14)16(19)18(20)15-7-5-4-6-8-15/h4-12,20H,1-3H3. The summed E-state index contributed by atoms with van der Waals surface area (Å²) in [6, 6.07) is 16.1. The van der Waals surface area contributed by atoms with Crippen LogP contribution in [0.2, 0.25) is 0 Å². The van der Waals surface area contributed by atoms with E-state index in [0.717, 1.165) is 5.56 Å². The van der Waals surface area contributed by atoms with Gasteiger partial charge in [0.1, 0.15) is 0 Å². The third-order valence-electron chi connectivity index (χ3n) is 3.19. The van der Waals surface area contributed by atoms with E-state index in [2.05, 4.69) is 20.8 Å². The van der Waals surface area contributed by atoms with Crippen molar-refractivity contribution in [3.8, 4) is 0 Å². The van der Waals surface area contributed by atoms with Gasteiger partial charge in [-0.1, -0.05) is 51.1 Å². The zero-order chi connectivity index (χ0) is 14.8. The Labute approximate surface area is 119 Å². The first-order valence-electron chi connectivity index (χ1n) is 6.58. The van der Waals surface area contributed by atoms with Crippen molar-refractivity contribution in [3.63, 3.8) is 0 Å². The fourth-order valence-corrected chi connectivity index (χ4v) is 1.92. The van der Waals surface area contributed by atoms with Gasteiger partial charge < -0.3 is 0 Å². The van der Waals surface area contributed by atoms with Crippen LogP contribution in [-0.4, -0.2) is 11.1 Å². The van der Waals surface area contributed by atoms with Gasteiger partial charge in [0.15, 0.2) is 0 Å². The summed E-state index contributed by atoms with van der Waals surface area (Å²) >= 11 is 0. The Hall–Kier alpha value is -2.13. The van der Waals surface area contributed by atoms with Gasteiger partial charge in [-0.05, 0) is 35.2 Å². The zero-order valence-corrected chi connectivity index (χ0v) is 12.0. The van der Waals surface area contributed by atoms with E-state index >= 15 is 0 Å². The lowest BCUT2D eigenvalue weighted by atomic mass is 9.86. The summed E-state index contributed by atoms with van der Waals surface area (Å²) in [6.07, 6.45) is 0. The molecule has 1 N–H and O–H groups in total. The van der Waals surface area contributed by atoms with Crippen molar-refractivity contribution in [3.05, 3.63) is 65.7 Å². The molecule has 2 rings (SSSR count). The molecule has 0 radical (unpaired) electrons. The van der Waals surface area contributed by atoms with E-state index in [1.807, 2.05) is 18.2 Å². The molecule has 0 heterocycles. The van der Waals surface area contributed by atoms with E-state index in [9.17, 15) is 10.0 Å². The van der Waals surface area contributed by atoms with Crippen LogP contribution in [0.5, 0.6) is 0 Å². The number of hydrogen-bond donors (Lipinski definition) is 1. The average molecular weight is 269 g/mol. The topological polar surface area (TPSA) is 40.5 Å². The molecule has 0 aromatic heterocycles. The summed E-state index contributed by atoms with van der Waals surface area (Å²) in [7, 11) is 0. The second-order valence-electron chi connectivity index (χ2n) is 5.78. The molecule has 104 valence electrons. The number of anilines is 1. The minimum atomic E-state index is -0.434. The number of carbonyl (C=O) groups excluding carboxylic acids is 1. The van der Waals surface area contributed by atoms with Crippen molar-refractivity contribution in [2.45, 2.75) is 26.2 Å². The van der Waals surface area contributed by atoms with Crippen LogP contribution >= 0.6 is 0 Å². The molecule has 0 unspecified atom stereocenters. The van der Waals surface area contributed by atoms with Gasteiger partial charge in [0.2, 0.25) is 0 Å². The van der Waals surface area contributed by atoms with Gasteiger partial charge in [-0.15, -0.1) is 0 Å². The Balaban J connectivity index is 2.22. The molecule has 0 atom stereocenters. The summed E-state index contributed by atoms with van der Waals surface area (Å²) in [5.41, 5.74) is 2.11. The predicted molar refractivity (Wildman–Crippen MR) is 80.2 cm³/mol. The lowest BCUT2D eigenvalue weighted by Gasteiger charge is -2.20. The first-order chi connectivity index (χ1) is 9.39. The summed E-state index contributed by atoms with van der Waals surface area (Å²) in [6.45, 7) is 6.35. The lowest BCUT2D eigenvalue weighted by molar-refractivity contribution is 0.0854. The first kappa shape index (κ1) is 14.3. The molecule has 3 nitrogen and oxygen atoms in total. The monoisotopic (exact) mass is 269 g/mol. The first-order valence-corrected chi connectivity index (χ1v) is 6.58. The van der Waals surface area contributed by atoms with Crippen LogP contribution < -0.4 is 5.06 Å². The van der Waals surface area contributed by atoms with Crippen molar-refractivity contribution in [2.75, 3.05) is 5.06 Å². The fraction of sp³-hybridized carbons (Fsp3) is 0.235. The van der Waals surface area contributed by atoms with E-state index in [4.69, 9.17) is 0 Å². The molecule has 3 heteroatoms. The van der Waals surface area contributed by atoms with Gasteiger partial charge in [-0.25, -0.2) is 0 Å². The number of carbonyl (C=O) groups is 1. The maximum atomic E-state index is 12.2. The summed E-state index contributed by atoms with van der Waals surface area (Å²) < 4.78 is 0. The van der Waals surface area contributed by atoms with Crippen LogP contribution in [0.3, 0.4) is 0 Å². The van der Waals surface area contributed by atoms with Crippen LogP contribution in [0.25, 0.3) is 0 Å². The molecular formula is C17H19NO2. The third kappa shape index (κ3) is 3.06. The van der Waals surface area contributed by atoms with E-state index < -0.39 is 5.91 Å². The molecule has 0 aliphatic heterocycles. The molecule has 0 aliphatic rings. The minimum absolute atomic E-state index is 0.0416. The Morgan fingerprint density at radius 2 is 1.50 bits per heavy atom. The van der Waals surface area contributed by atoms with Gasteiger partial charge in [0.25, 0.3) is 5.91 Å². The highest BCUT2D eigenvalue weighted by molar-refractivity contribution is 6.04. The van der Waals surface area contributed by atoms with E-state index in [1.165, 1.54) is 0 Å². The number of hydrogen-bond acceptors (Lipinski definition) is 2. The summed E-state index contributed by atoms with van der Waals surface area (Å²) in [5, 5.41) is 10.6. The number of amides is 1. The molecule has 2 aromatic rings. The number of nitrogens with zero attached hydrogens (tertiary/aromatic N) is 1. The number of benzene rings is 2. The molecular weight excluding hydrogens is 250 g/mol. The molecule has 1 amide bonds. The number of hydroxylamine groups is 1. The second kappa shape index (κ2) is 5.47. The van der Waals surface area contributed by atoms with Gasteiger partial charge in [0.05, 0.1) is 5.69 Å². The summed E-state index contributed by atoms with van der Waals surface area (Å²) in [4.78, 5) is 12.2. The Morgan fingerprint density at radius 1 is 0.950 bits per heavy atom.